The number of carbonyl (C=O) groups excluding carboxylic acids is 2. The molecule has 0 spiro atoms. The molecule has 0 aromatic heterocycles. The lowest BCUT2D eigenvalue weighted by molar-refractivity contribution is -0.130. The lowest BCUT2D eigenvalue weighted by Gasteiger charge is -2.23. The van der Waals surface area contributed by atoms with Gasteiger partial charge in [0.15, 0.2) is 6.10 Å². The molecule has 0 saturated heterocycles. The molecular weight excluding hydrogens is 384 g/mol. The molecule has 0 heterocycles. The van der Waals surface area contributed by atoms with Crippen LogP contribution in [0.25, 0.3) is 0 Å². The standard InChI is InChI=1S/C16H23ClN2O6S/c1-10(14(20)18-16(2,3)4)25-15(21)12-9-11(7-8-13(12)17)26(22,23)19(5)24-6/h7-10H,1-6H3,(H,18,20)/t10-/m0/s1. The highest BCUT2D eigenvalue weighted by molar-refractivity contribution is 7.89. The Labute approximate surface area is 158 Å². The van der Waals surface area contributed by atoms with Crippen LogP contribution >= 0.6 is 11.6 Å². The zero-order valence-electron chi connectivity index (χ0n) is 15.5. The third-order valence-electron chi connectivity index (χ3n) is 3.20. The minimum atomic E-state index is -3.97. The molecule has 10 heteroatoms. The highest BCUT2D eigenvalue weighted by Gasteiger charge is 2.26. The maximum atomic E-state index is 12.3. The molecule has 0 radical (unpaired) electrons. The summed E-state index contributed by atoms with van der Waals surface area (Å²) in [6.07, 6.45) is -1.08. The molecule has 0 saturated carbocycles. The van der Waals surface area contributed by atoms with Crippen molar-refractivity contribution in [2.75, 3.05) is 14.2 Å². The van der Waals surface area contributed by atoms with Crippen molar-refractivity contribution in [3.63, 3.8) is 0 Å². The van der Waals surface area contributed by atoms with Crippen molar-refractivity contribution >= 4 is 33.5 Å². The monoisotopic (exact) mass is 406 g/mol. The largest absolute Gasteiger partial charge is 0.449 e. The topological polar surface area (TPSA) is 102 Å². The zero-order chi connectivity index (χ0) is 20.3. The number of halogens is 1. The predicted molar refractivity (Wildman–Crippen MR) is 96.2 cm³/mol. The zero-order valence-corrected chi connectivity index (χ0v) is 17.1. The van der Waals surface area contributed by atoms with Gasteiger partial charge in [0.05, 0.1) is 22.6 Å². The van der Waals surface area contributed by atoms with Gasteiger partial charge in [0.1, 0.15) is 0 Å². The molecule has 0 bridgehead atoms. The Morgan fingerprint density at radius 1 is 1.27 bits per heavy atom. The summed E-state index contributed by atoms with van der Waals surface area (Å²) in [5.41, 5.74) is -0.665. The number of esters is 1. The number of hydrogen-bond donors (Lipinski definition) is 1. The Bertz CT molecular complexity index is 788. The number of carbonyl (C=O) groups is 2. The SMILES string of the molecule is CON(C)S(=O)(=O)c1ccc(Cl)c(C(=O)O[C@@H](C)C(=O)NC(C)(C)C)c1. The smallest absolute Gasteiger partial charge is 0.340 e. The summed E-state index contributed by atoms with van der Waals surface area (Å²) in [7, 11) is -1.56. The molecule has 1 amide bonds. The van der Waals surface area contributed by atoms with Crippen molar-refractivity contribution in [3.8, 4) is 0 Å². The van der Waals surface area contributed by atoms with E-state index < -0.39 is 33.5 Å². The van der Waals surface area contributed by atoms with Crippen LogP contribution in [-0.2, 0) is 24.4 Å². The Hall–Kier alpha value is -1.68. The number of hydroxylamine groups is 1. The third kappa shape index (κ3) is 5.66. The molecule has 8 nitrogen and oxygen atoms in total. The van der Waals surface area contributed by atoms with Gasteiger partial charge in [-0.25, -0.2) is 13.2 Å². The molecule has 0 fully saturated rings. The average Bonchev–Trinajstić information content (AvgIpc) is 2.52. The van der Waals surface area contributed by atoms with Crippen molar-refractivity contribution in [3.05, 3.63) is 28.8 Å². The van der Waals surface area contributed by atoms with E-state index in [4.69, 9.17) is 16.3 Å². The Kier molecular flexibility index (Phi) is 7.17. The minimum absolute atomic E-state index is 0.00236. The third-order valence-corrected chi connectivity index (χ3v) is 5.21. The number of nitrogens with zero attached hydrogens (tertiary/aromatic N) is 1. The van der Waals surface area contributed by atoms with Crippen LogP contribution in [0.2, 0.25) is 5.02 Å². The van der Waals surface area contributed by atoms with Crippen molar-refractivity contribution in [1.82, 2.24) is 9.79 Å². The molecule has 26 heavy (non-hydrogen) atoms. The lowest BCUT2D eigenvalue weighted by Crippen LogP contribution is -2.46. The summed E-state index contributed by atoms with van der Waals surface area (Å²) in [4.78, 5) is 28.8. The van der Waals surface area contributed by atoms with Crippen LogP contribution in [0, 0.1) is 0 Å². The number of nitrogens with one attached hydrogen (secondary N) is 1. The van der Waals surface area contributed by atoms with Gasteiger partial charge < -0.3 is 10.1 Å². The van der Waals surface area contributed by atoms with Crippen LogP contribution in [0.5, 0.6) is 0 Å². The highest BCUT2D eigenvalue weighted by Crippen LogP contribution is 2.23. The molecule has 1 rings (SSSR count). The van der Waals surface area contributed by atoms with Crippen LogP contribution in [0.1, 0.15) is 38.1 Å². The summed E-state index contributed by atoms with van der Waals surface area (Å²) in [6.45, 7) is 6.77. The molecular formula is C16H23ClN2O6S. The van der Waals surface area contributed by atoms with Crippen LogP contribution in [0.3, 0.4) is 0 Å². The van der Waals surface area contributed by atoms with E-state index in [1.165, 1.54) is 33.2 Å². The fraction of sp³-hybridized carbons (Fsp3) is 0.500. The second-order valence-corrected chi connectivity index (χ2v) is 8.87. The van der Waals surface area contributed by atoms with Gasteiger partial charge >= 0.3 is 5.97 Å². The molecule has 0 unspecified atom stereocenters. The Balaban J connectivity index is 3.07. The minimum Gasteiger partial charge on any atom is -0.449 e. The molecule has 0 aliphatic carbocycles. The van der Waals surface area contributed by atoms with Gasteiger partial charge in [-0.2, -0.15) is 0 Å². The molecule has 1 aromatic carbocycles. The number of ether oxygens (including phenoxy) is 1. The van der Waals surface area contributed by atoms with E-state index in [2.05, 4.69) is 10.2 Å². The van der Waals surface area contributed by atoms with Crippen molar-refractivity contribution in [2.24, 2.45) is 0 Å². The highest BCUT2D eigenvalue weighted by atomic mass is 35.5. The number of amides is 1. The first kappa shape index (κ1) is 22.4. The van der Waals surface area contributed by atoms with E-state index in [0.29, 0.717) is 4.47 Å². The molecule has 1 N–H and O–H groups in total. The van der Waals surface area contributed by atoms with Crippen LogP contribution in [-0.4, -0.2) is 50.6 Å². The van der Waals surface area contributed by atoms with Crippen molar-refractivity contribution in [2.45, 2.75) is 44.2 Å². The number of sulfonamides is 1. The van der Waals surface area contributed by atoms with Gasteiger partial charge in [-0.3, -0.25) is 9.63 Å². The van der Waals surface area contributed by atoms with Gasteiger partial charge in [0.25, 0.3) is 15.9 Å². The summed E-state index contributed by atoms with van der Waals surface area (Å²) < 4.78 is 30.3. The van der Waals surface area contributed by atoms with E-state index in [0.717, 1.165) is 6.07 Å². The van der Waals surface area contributed by atoms with Gasteiger partial charge in [-0.05, 0) is 45.9 Å². The normalized spacial score (nSPS) is 13.4. The lowest BCUT2D eigenvalue weighted by atomic mass is 10.1. The molecule has 0 aliphatic rings. The van der Waals surface area contributed by atoms with E-state index in [1.54, 1.807) is 20.8 Å². The van der Waals surface area contributed by atoms with Crippen molar-refractivity contribution < 1.29 is 27.6 Å². The van der Waals surface area contributed by atoms with Gasteiger partial charge in [0.2, 0.25) is 0 Å². The first-order chi connectivity index (χ1) is 11.8. The number of hydrogen-bond acceptors (Lipinski definition) is 6. The van der Waals surface area contributed by atoms with Crippen LogP contribution in [0.4, 0.5) is 0 Å². The summed E-state index contributed by atoms with van der Waals surface area (Å²) in [5, 5.41) is 2.68. The van der Waals surface area contributed by atoms with Gasteiger partial charge in [0, 0.05) is 12.6 Å². The first-order valence-electron chi connectivity index (χ1n) is 7.65. The van der Waals surface area contributed by atoms with Gasteiger partial charge in [-0.1, -0.05) is 16.1 Å². The van der Waals surface area contributed by atoms with Gasteiger partial charge in [-0.15, -0.1) is 0 Å². The van der Waals surface area contributed by atoms with E-state index in [9.17, 15) is 18.0 Å². The predicted octanol–water partition coefficient (Wildman–Crippen LogP) is 1.98. The summed E-state index contributed by atoms with van der Waals surface area (Å²) in [5.74, 6) is -1.39. The molecule has 1 aromatic rings. The van der Waals surface area contributed by atoms with E-state index in [1.807, 2.05) is 0 Å². The molecule has 146 valence electrons. The quantitative estimate of drug-likeness (QED) is 0.572. The Morgan fingerprint density at radius 3 is 2.35 bits per heavy atom. The van der Waals surface area contributed by atoms with E-state index in [-0.39, 0.29) is 15.5 Å². The second kappa shape index (κ2) is 8.34. The number of benzene rings is 1. The maximum absolute atomic E-state index is 12.3. The maximum Gasteiger partial charge on any atom is 0.340 e. The summed E-state index contributed by atoms with van der Waals surface area (Å²) in [6, 6.07) is 3.57. The second-order valence-electron chi connectivity index (χ2n) is 6.53. The Morgan fingerprint density at radius 2 is 1.85 bits per heavy atom. The first-order valence-corrected chi connectivity index (χ1v) is 9.47. The number of rotatable bonds is 6. The van der Waals surface area contributed by atoms with Crippen LogP contribution < -0.4 is 5.32 Å². The fourth-order valence-electron chi connectivity index (χ4n) is 1.82. The van der Waals surface area contributed by atoms with E-state index >= 15 is 0 Å². The average molecular weight is 407 g/mol. The van der Waals surface area contributed by atoms with Crippen LogP contribution in [0.15, 0.2) is 23.1 Å². The fourth-order valence-corrected chi connectivity index (χ4v) is 3.01. The molecule has 0 aliphatic heterocycles. The summed E-state index contributed by atoms with van der Waals surface area (Å²) >= 11 is 5.98. The molecule has 1 atom stereocenters. The van der Waals surface area contributed by atoms with Crippen molar-refractivity contribution in [1.29, 1.82) is 0 Å².